The number of aromatic nitrogens is 2. The van der Waals surface area contributed by atoms with Gasteiger partial charge in [-0.3, -0.25) is 4.57 Å². The van der Waals surface area contributed by atoms with E-state index >= 15 is 0 Å². The highest BCUT2D eigenvalue weighted by atomic mass is 35.5. The number of imidazole rings is 1. The summed E-state index contributed by atoms with van der Waals surface area (Å²) in [6, 6.07) is 14.2. The summed E-state index contributed by atoms with van der Waals surface area (Å²) in [5, 5.41) is 23.7. The van der Waals surface area contributed by atoms with E-state index in [0.717, 1.165) is 5.56 Å². The van der Waals surface area contributed by atoms with Gasteiger partial charge in [-0.05, 0) is 35.9 Å². The van der Waals surface area contributed by atoms with E-state index in [2.05, 4.69) is 11.4 Å². The molecule has 0 fully saturated rings. The molecule has 1 aliphatic heterocycles. The van der Waals surface area contributed by atoms with Crippen LogP contribution in [0.3, 0.4) is 0 Å². The molecule has 1 aromatic heterocycles. The highest BCUT2D eigenvalue weighted by molar-refractivity contribution is 6.34. The standard InChI is InChI=1S/C20H16Cl2N4O2/c21-14-5-15(22)7-17(6-14)26-19(27)18-8-16(11-25(18)20(26)28)24-10-13-3-1-12(9-23)2-4-13/h1-7,16,24,27H,8,10-11H2/t16-/m0/s1. The zero-order valence-electron chi connectivity index (χ0n) is 14.7. The topological polar surface area (TPSA) is 83.0 Å². The highest BCUT2D eigenvalue weighted by Crippen LogP contribution is 2.29. The van der Waals surface area contributed by atoms with Crippen LogP contribution in [-0.2, 0) is 19.5 Å². The Hall–Kier alpha value is -2.72. The first-order valence-electron chi connectivity index (χ1n) is 8.68. The van der Waals surface area contributed by atoms with Gasteiger partial charge in [-0.15, -0.1) is 0 Å². The van der Waals surface area contributed by atoms with Crippen LogP contribution in [0.2, 0.25) is 10.0 Å². The van der Waals surface area contributed by atoms with Crippen molar-refractivity contribution >= 4 is 23.2 Å². The molecule has 0 spiro atoms. The number of nitrogens with one attached hydrogen (secondary N) is 1. The van der Waals surface area contributed by atoms with Crippen LogP contribution < -0.4 is 11.0 Å². The van der Waals surface area contributed by atoms with Crippen molar-refractivity contribution in [2.45, 2.75) is 25.6 Å². The second kappa shape index (κ2) is 7.36. The molecule has 0 radical (unpaired) electrons. The zero-order chi connectivity index (χ0) is 19.8. The second-order valence-electron chi connectivity index (χ2n) is 6.72. The Bertz CT molecular complexity index is 1120. The summed E-state index contributed by atoms with van der Waals surface area (Å²) in [6.45, 7) is 1.07. The number of hydrogen-bond acceptors (Lipinski definition) is 4. The molecule has 1 atom stereocenters. The molecule has 8 heteroatoms. The number of nitrogens with zero attached hydrogens (tertiary/aromatic N) is 3. The van der Waals surface area contributed by atoms with Crippen LogP contribution in [0.1, 0.15) is 16.8 Å². The summed E-state index contributed by atoms with van der Waals surface area (Å²) >= 11 is 12.0. The van der Waals surface area contributed by atoms with Crippen molar-refractivity contribution in [1.29, 1.82) is 5.26 Å². The van der Waals surface area contributed by atoms with Crippen molar-refractivity contribution in [1.82, 2.24) is 14.5 Å². The second-order valence-corrected chi connectivity index (χ2v) is 7.59. The number of hydrogen-bond donors (Lipinski definition) is 2. The molecule has 1 aliphatic rings. The average molecular weight is 415 g/mol. The van der Waals surface area contributed by atoms with Gasteiger partial charge in [0.15, 0.2) is 0 Å². The molecule has 4 rings (SSSR count). The first-order chi connectivity index (χ1) is 13.5. The molecule has 28 heavy (non-hydrogen) atoms. The Morgan fingerprint density at radius 3 is 2.46 bits per heavy atom. The van der Waals surface area contributed by atoms with Crippen molar-refractivity contribution in [2.75, 3.05) is 0 Å². The SMILES string of the molecule is N#Cc1ccc(CN[C@H]2Cc3c(O)n(-c4cc(Cl)cc(Cl)c4)c(=O)n3C2)cc1. The van der Waals surface area contributed by atoms with E-state index in [-0.39, 0.29) is 17.6 Å². The summed E-state index contributed by atoms with van der Waals surface area (Å²) in [5.74, 6) is -0.0917. The minimum absolute atomic E-state index is 0.0295. The summed E-state index contributed by atoms with van der Waals surface area (Å²) in [4.78, 5) is 12.8. The van der Waals surface area contributed by atoms with Crippen LogP contribution in [0.5, 0.6) is 5.88 Å². The minimum atomic E-state index is -0.325. The lowest BCUT2D eigenvalue weighted by molar-refractivity contribution is 0.429. The van der Waals surface area contributed by atoms with Crippen molar-refractivity contribution in [3.63, 3.8) is 0 Å². The van der Waals surface area contributed by atoms with Gasteiger partial charge in [0.05, 0.1) is 23.0 Å². The molecule has 2 N–H and O–H groups in total. The third kappa shape index (κ3) is 3.40. The van der Waals surface area contributed by atoms with Gasteiger partial charge in [-0.1, -0.05) is 35.3 Å². The van der Waals surface area contributed by atoms with Crippen molar-refractivity contribution in [3.05, 3.63) is 79.8 Å². The molecule has 0 amide bonds. The molecule has 3 aromatic rings. The van der Waals surface area contributed by atoms with Crippen molar-refractivity contribution in [2.24, 2.45) is 0 Å². The summed E-state index contributed by atoms with van der Waals surface area (Å²) in [5.41, 5.74) is 2.36. The zero-order valence-corrected chi connectivity index (χ0v) is 16.2. The van der Waals surface area contributed by atoms with E-state index in [0.29, 0.717) is 46.5 Å². The van der Waals surface area contributed by atoms with Gasteiger partial charge in [0.25, 0.3) is 0 Å². The highest BCUT2D eigenvalue weighted by Gasteiger charge is 2.30. The van der Waals surface area contributed by atoms with Crippen LogP contribution in [-0.4, -0.2) is 20.3 Å². The molecule has 0 saturated carbocycles. The number of fused-ring (bicyclic) bond motifs is 1. The van der Waals surface area contributed by atoms with Gasteiger partial charge in [-0.2, -0.15) is 5.26 Å². The van der Waals surface area contributed by atoms with Gasteiger partial charge in [0.1, 0.15) is 0 Å². The summed E-state index contributed by atoms with van der Waals surface area (Å²) in [6.07, 6.45) is 0.526. The number of halogens is 2. The van der Waals surface area contributed by atoms with Gasteiger partial charge < -0.3 is 10.4 Å². The molecule has 2 heterocycles. The molecule has 2 aromatic carbocycles. The van der Waals surface area contributed by atoms with E-state index in [1.807, 2.05) is 12.1 Å². The monoisotopic (exact) mass is 414 g/mol. The van der Waals surface area contributed by atoms with Gasteiger partial charge >= 0.3 is 5.69 Å². The number of nitriles is 1. The Morgan fingerprint density at radius 1 is 1.18 bits per heavy atom. The first kappa shape index (κ1) is 18.6. The van der Waals surface area contributed by atoms with Crippen LogP contribution >= 0.6 is 23.2 Å². The lowest BCUT2D eigenvalue weighted by atomic mass is 10.1. The predicted octanol–water partition coefficient (Wildman–Crippen LogP) is 3.24. The minimum Gasteiger partial charge on any atom is -0.493 e. The fraction of sp³-hybridized carbons (Fsp3) is 0.200. The number of benzene rings is 2. The maximum Gasteiger partial charge on any atom is 0.335 e. The molecular weight excluding hydrogens is 399 g/mol. The quantitative estimate of drug-likeness (QED) is 0.686. The van der Waals surface area contributed by atoms with E-state index in [9.17, 15) is 9.90 Å². The summed E-state index contributed by atoms with van der Waals surface area (Å²) in [7, 11) is 0. The number of aromatic hydroxyl groups is 1. The van der Waals surface area contributed by atoms with Crippen LogP contribution in [0.15, 0.2) is 47.3 Å². The fourth-order valence-corrected chi connectivity index (χ4v) is 4.00. The Morgan fingerprint density at radius 2 is 1.86 bits per heavy atom. The first-order valence-corrected chi connectivity index (χ1v) is 9.44. The average Bonchev–Trinajstić information content (AvgIpc) is 3.19. The molecule has 6 nitrogen and oxygen atoms in total. The third-order valence-corrected chi connectivity index (χ3v) is 5.28. The normalized spacial score (nSPS) is 15.4. The smallest absolute Gasteiger partial charge is 0.335 e. The molecular formula is C20H16Cl2N4O2. The molecule has 0 unspecified atom stereocenters. The maximum absolute atomic E-state index is 12.8. The lowest BCUT2D eigenvalue weighted by Crippen LogP contribution is -2.33. The van der Waals surface area contributed by atoms with Crippen LogP contribution in [0, 0.1) is 11.3 Å². The largest absolute Gasteiger partial charge is 0.493 e. The summed E-state index contributed by atoms with van der Waals surface area (Å²) < 4.78 is 2.80. The predicted molar refractivity (Wildman–Crippen MR) is 107 cm³/mol. The Kier molecular flexibility index (Phi) is 4.90. The van der Waals surface area contributed by atoms with Gasteiger partial charge in [0.2, 0.25) is 5.88 Å². The molecule has 0 bridgehead atoms. The van der Waals surface area contributed by atoms with E-state index in [4.69, 9.17) is 28.5 Å². The Labute approximate surface area is 171 Å². The third-order valence-electron chi connectivity index (χ3n) is 4.84. The van der Waals surface area contributed by atoms with Crippen molar-refractivity contribution < 1.29 is 5.11 Å². The van der Waals surface area contributed by atoms with E-state index in [1.165, 1.54) is 4.57 Å². The molecule has 0 saturated heterocycles. The maximum atomic E-state index is 12.8. The van der Waals surface area contributed by atoms with Gasteiger partial charge in [0, 0.05) is 35.6 Å². The molecule has 0 aliphatic carbocycles. The fourth-order valence-electron chi connectivity index (χ4n) is 3.48. The van der Waals surface area contributed by atoms with Crippen molar-refractivity contribution in [3.8, 4) is 17.6 Å². The number of rotatable bonds is 4. The van der Waals surface area contributed by atoms with E-state index in [1.54, 1.807) is 34.9 Å². The van der Waals surface area contributed by atoms with E-state index < -0.39 is 0 Å². The molecule has 142 valence electrons. The van der Waals surface area contributed by atoms with Gasteiger partial charge in [-0.25, -0.2) is 9.36 Å². The Balaban J connectivity index is 1.52. The van der Waals surface area contributed by atoms with Crippen LogP contribution in [0.4, 0.5) is 0 Å². The van der Waals surface area contributed by atoms with Crippen LogP contribution in [0.25, 0.3) is 5.69 Å². The lowest BCUT2D eigenvalue weighted by Gasteiger charge is -2.13.